The molecular weight excluding hydrogens is 229 g/mol. The molecule has 0 spiro atoms. The third kappa shape index (κ3) is 2.14. The lowest BCUT2D eigenvalue weighted by molar-refractivity contribution is 0.0783. The second kappa shape index (κ2) is 4.71. The molecule has 0 aromatic heterocycles. The first-order chi connectivity index (χ1) is 8.74. The summed E-state index contributed by atoms with van der Waals surface area (Å²) in [7, 11) is 0. The van der Waals surface area contributed by atoms with E-state index in [9.17, 15) is 9.18 Å². The maximum absolute atomic E-state index is 13.1. The van der Waals surface area contributed by atoms with E-state index in [2.05, 4.69) is 0 Å². The molecule has 1 aromatic carbocycles. The Morgan fingerprint density at radius 2 is 1.83 bits per heavy atom. The summed E-state index contributed by atoms with van der Waals surface area (Å²) in [5, 5.41) is 0. The van der Waals surface area contributed by atoms with Gasteiger partial charge in [-0.1, -0.05) is 18.9 Å². The summed E-state index contributed by atoms with van der Waals surface area (Å²) in [5.74, 6) is 1.01. The van der Waals surface area contributed by atoms with Crippen molar-refractivity contribution < 1.29 is 9.18 Å². The van der Waals surface area contributed by atoms with Gasteiger partial charge in [0.15, 0.2) is 0 Å². The van der Waals surface area contributed by atoms with Gasteiger partial charge < -0.3 is 4.90 Å². The van der Waals surface area contributed by atoms with Crippen molar-refractivity contribution in [1.29, 1.82) is 0 Å². The smallest absolute Gasteiger partial charge is 0.253 e. The minimum absolute atomic E-state index is 0.0103. The SMILES string of the molecule is O=C(c1cccc(F)c1)N1CC2CCCCC2C1. The van der Waals surface area contributed by atoms with Gasteiger partial charge in [-0.15, -0.1) is 0 Å². The van der Waals surface area contributed by atoms with Crippen LogP contribution in [-0.2, 0) is 0 Å². The summed E-state index contributed by atoms with van der Waals surface area (Å²) in [6.07, 6.45) is 5.08. The molecule has 2 atom stereocenters. The topological polar surface area (TPSA) is 20.3 Å². The second-order valence-corrected chi connectivity index (χ2v) is 5.53. The van der Waals surface area contributed by atoms with Gasteiger partial charge in [-0.05, 0) is 42.9 Å². The van der Waals surface area contributed by atoms with Crippen molar-refractivity contribution in [3.05, 3.63) is 35.6 Å². The van der Waals surface area contributed by atoms with Crippen LogP contribution in [0.4, 0.5) is 4.39 Å². The van der Waals surface area contributed by atoms with Gasteiger partial charge in [-0.2, -0.15) is 0 Å². The molecule has 2 fully saturated rings. The number of amides is 1. The highest BCUT2D eigenvalue weighted by Crippen LogP contribution is 2.36. The highest BCUT2D eigenvalue weighted by molar-refractivity contribution is 5.94. The zero-order chi connectivity index (χ0) is 12.5. The normalized spacial score (nSPS) is 27.1. The van der Waals surface area contributed by atoms with Gasteiger partial charge in [0.05, 0.1) is 0 Å². The average molecular weight is 247 g/mol. The van der Waals surface area contributed by atoms with E-state index >= 15 is 0 Å². The Labute approximate surface area is 107 Å². The fourth-order valence-corrected chi connectivity index (χ4v) is 3.38. The first-order valence-electron chi connectivity index (χ1n) is 6.79. The third-order valence-electron chi connectivity index (χ3n) is 4.34. The zero-order valence-corrected chi connectivity index (χ0v) is 10.4. The van der Waals surface area contributed by atoms with Crippen LogP contribution in [0.3, 0.4) is 0 Å². The van der Waals surface area contributed by atoms with E-state index in [-0.39, 0.29) is 11.7 Å². The standard InChI is InChI=1S/C15H18FNO/c16-14-7-3-6-11(8-14)15(18)17-9-12-4-1-2-5-13(12)10-17/h3,6-8,12-13H,1-2,4-5,9-10H2. The van der Waals surface area contributed by atoms with E-state index in [1.165, 1.54) is 37.8 Å². The lowest BCUT2D eigenvalue weighted by Crippen LogP contribution is -2.29. The Bertz CT molecular complexity index is 446. The van der Waals surface area contributed by atoms with Gasteiger partial charge in [0.2, 0.25) is 0 Å². The van der Waals surface area contributed by atoms with E-state index in [0.717, 1.165) is 13.1 Å². The number of benzene rings is 1. The summed E-state index contributed by atoms with van der Waals surface area (Å²) < 4.78 is 13.1. The van der Waals surface area contributed by atoms with Crippen LogP contribution in [0.2, 0.25) is 0 Å². The van der Waals surface area contributed by atoms with Gasteiger partial charge in [0, 0.05) is 18.7 Å². The number of likely N-dealkylation sites (tertiary alicyclic amines) is 1. The van der Waals surface area contributed by atoms with Crippen molar-refractivity contribution >= 4 is 5.91 Å². The number of nitrogens with zero attached hydrogens (tertiary/aromatic N) is 1. The number of rotatable bonds is 1. The summed E-state index contributed by atoms with van der Waals surface area (Å²) in [4.78, 5) is 14.2. The number of halogens is 1. The summed E-state index contributed by atoms with van der Waals surface area (Å²) in [6, 6.07) is 6.02. The number of carbonyl (C=O) groups is 1. The number of hydrogen-bond acceptors (Lipinski definition) is 1. The van der Waals surface area contributed by atoms with E-state index in [1.54, 1.807) is 12.1 Å². The molecule has 2 unspecified atom stereocenters. The Hall–Kier alpha value is -1.38. The van der Waals surface area contributed by atoms with Crippen LogP contribution in [0.5, 0.6) is 0 Å². The molecule has 2 nitrogen and oxygen atoms in total. The van der Waals surface area contributed by atoms with Crippen LogP contribution < -0.4 is 0 Å². The van der Waals surface area contributed by atoms with Crippen LogP contribution in [-0.4, -0.2) is 23.9 Å². The van der Waals surface area contributed by atoms with Gasteiger partial charge in [-0.25, -0.2) is 4.39 Å². The molecule has 96 valence electrons. The molecular formula is C15H18FNO. The lowest BCUT2D eigenvalue weighted by Gasteiger charge is -2.22. The maximum atomic E-state index is 13.1. The molecule has 1 aliphatic heterocycles. The molecule has 2 aliphatic rings. The molecule has 1 saturated heterocycles. The van der Waals surface area contributed by atoms with E-state index < -0.39 is 0 Å². The predicted octanol–water partition coefficient (Wildman–Crippen LogP) is 3.09. The van der Waals surface area contributed by atoms with Gasteiger partial charge in [0.1, 0.15) is 5.82 Å². The van der Waals surface area contributed by atoms with Crippen LogP contribution in [0.25, 0.3) is 0 Å². The monoisotopic (exact) mass is 247 g/mol. The molecule has 0 bridgehead atoms. The minimum Gasteiger partial charge on any atom is -0.338 e. The Balaban J connectivity index is 1.74. The van der Waals surface area contributed by atoms with Crippen molar-refractivity contribution in [1.82, 2.24) is 4.90 Å². The predicted molar refractivity (Wildman–Crippen MR) is 67.8 cm³/mol. The van der Waals surface area contributed by atoms with E-state index in [4.69, 9.17) is 0 Å². The second-order valence-electron chi connectivity index (χ2n) is 5.53. The summed E-state index contributed by atoms with van der Waals surface area (Å²) >= 11 is 0. The number of fused-ring (bicyclic) bond motifs is 1. The van der Waals surface area contributed by atoms with Crippen molar-refractivity contribution in [2.24, 2.45) is 11.8 Å². The Morgan fingerprint density at radius 3 is 2.44 bits per heavy atom. The van der Waals surface area contributed by atoms with E-state index in [0.29, 0.717) is 17.4 Å². The van der Waals surface area contributed by atoms with Gasteiger partial charge in [-0.3, -0.25) is 4.79 Å². The summed E-state index contributed by atoms with van der Waals surface area (Å²) in [5.41, 5.74) is 0.480. The van der Waals surface area contributed by atoms with Crippen molar-refractivity contribution in [3.63, 3.8) is 0 Å². The molecule has 1 aliphatic carbocycles. The third-order valence-corrected chi connectivity index (χ3v) is 4.34. The molecule has 0 radical (unpaired) electrons. The Morgan fingerprint density at radius 1 is 1.17 bits per heavy atom. The van der Waals surface area contributed by atoms with Crippen molar-refractivity contribution in [3.8, 4) is 0 Å². The highest BCUT2D eigenvalue weighted by Gasteiger charge is 2.36. The van der Waals surface area contributed by atoms with Gasteiger partial charge in [0.25, 0.3) is 5.91 Å². The van der Waals surface area contributed by atoms with Crippen LogP contribution in [0.15, 0.2) is 24.3 Å². The van der Waals surface area contributed by atoms with E-state index in [1.807, 2.05) is 4.90 Å². The van der Waals surface area contributed by atoms with Crippen molar-refractivity contribution in [2.75, 3.05) is 13.1 Å². The first-order valence-corrected chi connectivity index (χ1v) is 6.79. The number of carbonyl (C=O) groups excluding carboxylic acids is 1. The molecule has 3 heteroatoms. The van der Waals surface area contributed by atoms with Gasteiger partial charge >= 0.3 is 0 Å². The molecule has 3 rings (SSSR count). The average Bonchev–Trinajstić information content (AvgIpc) is 2.81. The van der Waals surface area contributed by atoms with Crippen LogP contribution >= 0.6 is 0 Å². The highest BCUT2D eigenvalue weighted by atomic mass is 19.1. The van der Waals surface area contributed by atoms with Crippen LogP contribution in [0.1, 0.15) is 36.0 Å². The molecule has 0 N–H and O–H groups in total. The zero-order valence-electron chi connectivity index (χ0n) is 10.4. The Kier molecular flexibility index (Phi) is 3.06. The molecule has 1 saturated carbocycles. The molecule has 18 heavy (non-hydrogen) atoms. The maximum Gasteiger partial charge on any atom is 0.253 e. The quantitative estimate of drug-likeness (QED) is 0.746. The van der Waals surface area contributed by atoms with Crippen molar-refractivity contribution in [2.45, 2.75) is 25.7 Å². The minimum atomic E-state index is -0.336. The fraction of sp³-hybridized carbons (Fsp3) is 0.533. The first kappa shape index (κ1) is 11.7. The number of hydrogen-bond donors (Lipinski definition) is 0. The molecule has 1 aromatic rings. The van der Waals surface area contributed by atoms with Crippen LogP contribution in [0, 0.1) is 17.7 Å². The summed E-state index contributed by atoms with van der Waals surface area (Å²) in [6.45, 7) is 1.72. The molecule has 1 amide bonds. The fourth-order valence-electron chi connectivity index (χ4n) is 3.38. The largest absolute Gasteiger partial charge is 0.338 e. The molecule has 1 heterocycles. The lowest BCUT2D eigenvalue weighted by atomic mass is 9.82.